The molecular formula is C6H14FNO2S. The molecule has 0 aliphatic carbocycles. The third kappa shape index (κ3) is 6.25. The van der Waals surface area contributed by atoms with E-state index in [-0.39, 0.29) is 11.8 Å². The van der Waals surface area contributed by atoms with Crippen molar-refractivity contribution in [2.24, 2.45) is 11.1 Å². The van der Waals surface area contributed by atoms with Gasteiger partial charge in [0, 0.05) is 0 Å². The molecule has 0 saturated heterocycles. The minimum absolute atomic E-state index is 0.266. The zero-order chi connectivity index (χ0) is 9.12. The van der Waals surface area contributed by atoms with Crippen LogP contribution in [-0.2, 0) is 10.2 Å². The summed E-state index contributed by atoms with van der Waals surface area (Å²) in [6, 6.07) is 0. The highest BCUT2D eigenvalue weighted by molar-refractivity contribution is 7.86. The van der Waals surface area contributed by atoms with Crippen molar-refractivity contribution >= 4 is 10.2 Å². The van der Waals surface area contributed by atoms with Crippen LogP contribution in [0.1, 0.15) is 20.3 Å². The van der Waals surface area contributed by atoms with E-state index in [0.717, 1.165) is 0 Å². The fourth-order valence-electron chi connectivity index (χ4n) is 0.500. The molecule has 0 bridgehead atoms. The molecule has 0 atom stereocenters. The minimum Gasteiger partial charge on any atom is -0.330 e. The van der Waals surface area contributed by atoms with Crippen LogP contribution in [0, 0.1) is 5.41 Å². The maximum absolute atomic E-state index is 12.0. The molecule has 0 rings (SSSR count). The topological polar surface area (TPSA) is 60.2 Å². The van der Waals surface area contributed by atoms with E-state index in [1.165, 1.54) is 0 Å². The van der Waals surface area contributed by atoms with Gasteiger partial charge in [-0.1, -0.05) is 13.8 Å². The normalized spacial score (nSPS) is 13.5. The van der Waals surface area contributed by atoms with Gasteiger partial charge in [-0.3, -0.25) is 0 Å². The van der Waals surface area contributed by atoms with Crippen molar-refractivity contribution < 1.29 is 12.3 Å². The fourth-order valence-corrected chi connectivity index (χ4v) is 1.30. The standard InChI is InChI=1S/C6H14FNO2S/c1-6(2,5-8)3-4-11(7,9)10/h3-5,8H2,1-2H3. The Balaban J connectivity index is 3.90. The first kappa shape index (κ1) is 10.8. The molecular weight excluding hydrogens is 169 g/mol. The Morgan fingerprint density at radius 2 is 1.91 bits per heavy atom. The first-order valence-corrected chi connectivity index (χ1v) is 4.94. The van der Waals surface area contributed by atoms with Crippen molar-refractivity contribution in [2.75, 3.05) is 12.3 Å². The molecule has 0 amide bonds. The molecule has 0 spiro atoms. The lowest BCUT2D eigenvalue weighted by Crippen LogP contribution is -2.25. The van der Waals surface area contributed by atoms with Crippen LogP contribution in [0.5, 0.6) is 0 Å². The summed E-state index contributed by atoms with van der Waals surface area (Å²) < 4.78 is 32.2. The number of rotatable bonds is 4. The summed E-state index contributed by atoms with van der Waals surface area (Å²) in [5.74, 6) is -0.433. The van der Waals surface area contributed by atoms with Crippen LogP contribution in [0.15, 0.2) is 0 Å². The number of hydrogen-bond acceptors (Lipinski definition) is 3. The van der Waals surface area contributed by atoms with Gasteiger partial charge in [-0.25, -0.2) is 0 Å². The third-order valence-electron chi connectivity index (χ3n) is 1.58. The molecule has 5 heteroatoms. The van der Waals surface area contributed by atoms with Crippen LogP contribution in [0.3, 0.4) is 0 Å². The highest BCUT2D eigenvalue weighted by atomic mass is 32.3. The van der Waals surface area contributed by atoms with Gasteiger partial charge in [-0.2, -0.15) is 8.42 Å². The van der Waals surface area contributed by atoms with Gasteiger partial charge in [-0.15, -0.1) is 3.89 Å². The summed E-state index contributed by atoms with van der Waals surface area (Å²) in [6.45, 7) is 3.97. The van der Waals surface area contributed by atoms with Crippen LogP contribution < -0.4 is 5.73 Å². The fraction of sp³-hybridized carbons (Fsp3) is 1.00. The molecule has 68 valence electrons. The number of halogens is 1. The predicted octanol–water partition coefficient (Wildman–Crippen LogP) is 0.661. The first-order chi connectivity index (χ1) is 4.77. The highest BCUT2D eigenvalue weighted by Crippen LogP contribution is 2.19. The van der Waals surface area contributed by atoms with Crippen molar-refractivity contribution in [3.05, 3.63) is 0 Å². The van der Waals surface area contributed by atoms with Crippen molar-refractivity contribution in [3.8, 4) is 0 Å². The van der Waals surface area contributed by atoms with E-state index < -0.39 is 16.0 Å². The molecule has 0 aromatic rings. The van der Waals surface area contributed by atoms with E-state index in [1.807, 2.05) is 0 Å². The lowest BCUT2D eigenvalue weighted by Gasteiger charge is -2.20. The van der Waals surface area contributed by atoms with Gasteiger partial charge in [0.05, 0.1) is 5.75 Å². The minimum atomic E-state index is -4.32. The van der Waals surface area contributed by atoms with Gasteiger partial charge >= 0.3 is 10.2 Å². The van der Waals surface area contributed by atoms with Crippen LogP contribution in [0.25, 0.3) is 0 Å². The maximum Gasteiger partial charge on any atom is 0.302 e. The molecule has 0 fully saturated rings. The average molecular weight is 183 g/mol. The second-order valence-electron chi connectivity index (χ2n) is 3.36. The molecule has 11 heavy (non-hydrogen) atoms. The highest BCUT2D eigenvalue weighted by Gasteiger charge is 2.19. The summed E-state index contributed by atoms with van der Waals surface area (Å²) >= 11 is 0. The smallest absolute Gasteiger partial charge is 0.302 e. The molecule has 0 aliphatic rings. The SMILES string of the molecule is CC(C)(CN)CCS(=O)(=O)F. The van der Waals surface area contributed by atoms with Crippen LogP contribution in [-0.4, -0.2) is 20.7 Å². The second-order valence-corrected chi connectivity index (χ2v) is 4.85. The zero-order valence-corrected chi connectivity index (χ0v) is 7.62. The third-order valence-corrected chi connectivity index (χ3v) is 2.27. The van der Waals surface area contributed by atoms with Crippen molar-refractivity contribution in [1.82, 2.24) is 0 Å². The summed E-state index contributed by atoms with van der Waals surface area (Å²) in [6.07, 6.45) is 0.266. The number of hydrogen-bond donors (Lipinski definition) is 1. The quantitative estimate of drug-likeness (QED) is 0.651. The molecule has 0 aromatic carbocycles. The summed E-state index contributed by atoms with van der Waals surface area (Å²) in [5.41, 5.74) is 5.03. The summed E-state index contributed by atoms with van der Waals surface area (Å²) in [7, 11) is -4.32. The Hall–Kier alpha value is -0.160. The van der Waals surface area contributed by atoms with E-state index in [2.05, 4.69) is 0 Å². The summed E-state index contributed by atoms with van der Waals surface area (Å²) in [5, 5.41) is 0. The van der Waals surface area contributed by atoms with E-state index in [9.17, 15) is 12.3 Å². The maximum atomic E-state index is 12.0. The van der Waals surface area contributed by atoms with E-state index in [4.69, 9.17) is 5.73 Å². The molecule has 0 radical (unpaired) electrons. The Kier molecular flexibility index (Phi) is 3.44. The monoisotopic (exact) mass is 183 g/mol. The Morgan fingerprint density at radius 1 is 1.45 bits per heavy atom. The Bertz CT molecular complexity index is 211. The Morgan fingerprint density at radius 3 is 2.18 bits per heavy atom. The van der Waals surface area contributed by atoms with Crippen LogP contribution in [0.4, 0.5) is 3.89 Å². The van der Waals surface area contributed by atoms with Gasteiger partial charge in [0.1, 0.15) is 0 Å². The molecule has 0 aliphatic heterocycles. The van der Waals surface area contributed by atoms with Crippen molar-refractivity contribution in [3.63, 3.8) is 0 Å². The van der Waals surface area contributed by atoms with Crippen molar-refractivity contribution in [2.45, 2.75) is 20.3 Å². The number of nitrogens with two attached hydrogens (primary N) is 1. The molecule has 0 unspecified atom stereocenters. The lowest BCUT2D eigenvalue weighted by molar-refractivity contribution is 0.363. The molecule has 0 aromatic heterocycles. The van der Waals surface area contributed by atoms with E-state index >= 15 is 0 Å². The van der Waals surface area contributed by atoms with Crippen LogP contribution in [0.2, 0.25) is 0 Å². The first-order valence-electron chi connectivity index (χ1n) is 3.39. The predicted molar refractivity (Wildman–Crippen MR) is 42.3 cm³/mol. The molecule has 3 nitrogen and oxygen atoms in total. The van der Waals surface area contributed by atoms with Gasteiger partial charge in [-0.05, 0) is 18.4 Å². The lowest BCUT2D eigenvalue weighted by atomic mass is 9.91. The van der Waals surface area contributed by atoms with Crippen molar-refractivity contribution in [1.29, 1.82) is 0 Å². The Labute approximate surface area is 67.0 Å². The second kappa shape index (κ2) is 3.49. The van der Waals surface area contributed by atoms with Gasteiger partial charge < -0.3 is 5.73 Å². The molecule has 2 N–H and O–H groups in total. The molecule has 0 heterocycles. The van der Waals surface area contributed by atoms with Gasteiger partial charge in [0.15, 0.2) is 0 Å². The largest absolute Gasteiger partial charge is 0.330 e. The van der Waals surface area contributed by atoms with Gasteiger partial charge in [0.25, 0.3) is 0 Å². The average Bonchev–Trinajstić information content (AvgIpc) is 1.83. The van der Waals surface area contributed by atoms with E-state index in [0.29, 0.717) is 6.54 Å². The zero-order valence-electron chi connectivity index (χ0n) is 6.80. The van der Waals surface area contributed by atoms with Crippen LogP contribution >= 0.6 is 0 Å². The van der Waals surface area contributed by atoms with Gasteiger partial charge in [0.2, 0.25) is 0 Å². The van der Waals surface area contributed by atoms with E-state index in [1.54, 1.807) is 13.8 Å². The molecule has 0 saturated carbocycles. The summed E-state index contributed by atoms with van der Waals surface area (Å²) in [4.78, 5) is 0.